The van der Waals surface area contributed by atoms with Gasteiger partial charge in [0.05, 0.1) is 19.6 Å². The van der Waals surface area contributed by atoms with E-state index in [0.717, 1.165) is 37.4 Å². The Labute approximate surface area is 179 Å². The van der Waals surface area contributed by atoms with Gasteiger partial charge in [-0.3, -0.25) is 4.90 Å². The summed E-state index contributed by atoms with van der Waals surface area (Å²) >= 11 is 0. The van der Waals surface area contributed by atoms with E-state index in [-0.39, 0.29) is 6.04 Å². The zero-order chi connectivity index (χ0) is 21.3. The van der Waals surface area contributed by atoms with Gasteiger partial charge in [0, 0.05) is 31.1 Å². The molecule has 0 bridgehead atoms. The first-order valence-corrected chi connectivity index (χ1v) is 10.8. The molecular weight excluding hydrogens is 374 g/mol. The van der Waals surface area contributed by atoms with Gasteiger partial charge in [-0.15, -0.1) is 0 Å². The number of hydrogen-bond acceptors (Lipinski definition) is 5. The summed E-state index contributed by atoms with van der Waals surface area (Å²) in [6, 6.07) is 13.5. The lowest BCUT2D eigenvalue weighted by molar-refractivity contribution is 0.109. The van der Waals surface area contributed by atoms with Crippen LogP contribution < -0.4 is 15.2 Å². The Hall–Kier alpha value is -2.55. The van der Waals surface area contributed by atoms with E-state index in [1.165, 1.54) is 27.8 Å². The Bertz CT molecular complexity index is 966. The highest BCUT2D eigenvalue weighted by molar-refractivity contribution is 5.50. The van der Waals surface area contributed by atoms with Crippen LogP contribution in [0.1, 0.15) is 52.6 Å². The van der Waals surface area contributed by atoms with Gasteiger partial charge in [-0.25, -0.2) is 0 Å². The SMILES string of the molecule is COc1cc2c(cc1OCCC#N)CCN1C[C@H](c3cc(C)ccc3C)[C@@H](N)C[C@@H]21. The Morgan fingerprint density at radius 2 is 2.00 bits per heavy atom. The number of piperidine rings is 1. The number of rotatable bonds is 5. The normalized spacial score (nSPS) is 23.2. The van der Waals surface area contributed by atoms with Gasteiger partial charge < -0.3 is 15.2 Å². The predicted molar refractivity (Wildman–Crippen MR) is 118 cm³/mol. The van der Waals surface area contributed by atoms with E-state index in [0.29, 0.717) is 25.0 Å². The van der Waals surface area contributed by atoms with Crippen LogP contribution in [0.15, 0.2) is 30.3 Å². The molecule has 0 aliphatic carbocycles. The molecule has 0 saturated carbocycles. The summed E-state index contributed by atoms with van der Waals surface area (Å²) in [6.07, 6.45) is 2.29. The third-order valence-electron chi connectivity index (χ3n) is 6.64. The molecule has 2 aliphatic heterocycles. The van der Waals surface area contributed by atoms with E-state index in [2.05, 4.69) is 55.1 Å². The maximum atomic E-state index is 8.77. The van der Waals surface area contributed by atoms with Gasteiger partial charge in [-0.2, -0.15) is 5.26 Å². The Morgan fingerprint density at radius 3 is 2.77 bits per heavy atom. The van der Waals surface area contributed by atoms with Crippen molar-refractivity contribution in [3.8, 4) is 17.6 Å². The molecule has 30 heavy (non-hydrogen) atoms. The molecule has 2 aliphatic rings. The topological polar surface area (TPSA) is 71.5 Å². The second-order valence-corrected chi connectivity index (χ2v) is 8.59. The molecule has 158 valence electrons. The van der Waals surface area contributed by atoms with Crippen LogP contribution in [-0.2, 0) is 6.42 Å². The summed E-state index contributed by atoms with van der Waals surface area (Å²) in [5.41, 5.74) is 13.4. The number of benzene rings is 2. The second-order valence-electron chi connectivity index (χ2n) is 8.59. The first-order chi connectivity index (χ1) is 14.5. The molecule has 2 heterocycles. The average molecular weight is 406 g/mol. The van der Waals surface area contributed by atoms with E-state index in [9.17, 15) is 0 Å². The Kier molecular flexibility index (Phi) is 5.99. The molecule has 0 unspecified atom stereocenters. The number of nitrogens with two attached hydrogens (primary N) is 1. The van der Waals surface area contributed by atoms with Crippen molar-refractivity contribution >= 4 is 0 Å². The van der Waals surface area contributed by atoms with Crippen molar-refractivity contribution in [2.24, 2.45) is 5.73 Å². The minimum absolute atomic E-state index is 0.121. The van der Waals surface area contributed by atoms with Crippen molar-refractivity contribution in [3.63, 3.8) is 0 Å². The smallest absolute Gasteiger partial charge is 0.161 e. The molecule has 2 aromatic rings. The zero-order valence-corrected chi connectivity index (χ0v) is 18.1. The van der Waals surface area contributed by atoms with Gasteiger partial charge in [0.2, 0.25) is 0 Å². The number of ether oxygens (including phenoxy) is 2. The molecule has 2 N–H and O–H groups in total. The predicted octanol–water partition coefficient (Wildman–Crippen LogP) is 4.02. The van der Waals surface area contributed by atoms with Crippen LogP contribution in [0.5, 0.6) is 11.5 Å². The van der Waals surface area contributed by atoms with Crippen LogP contribution in [-0.4, -0.2) is 37.7 Å². The van der Waals surface area contributed by atoms with E-state index < -0.39 is 0 Å². The largest absolute Gasteiger partial charge is 0.493 e. The summed E-state index contributed by atoms with van der Waals surface area (Å²) in [4.78, 5) is 2.59. The van der Waals surface area contributed by atoms with E-state index in [4.69, 9.17) is 20.5 Å². The van der Waals surface area contributed by atoms with Crippen molar-refractivity contribution in [3.05, 3.63) is 58.1 Å². The van der Waals surface area contributed by atoms with Crippen molar-refractivity contribution in [2.45, 2.75) is 51.1 Å². The summed E-state index contributed by atoms with van der Waals surface area (Å²) in [6.45, 7) is 6.73. The van der Waals surface area contributed by atoms with E-state index >= 15 is 0 Å². The van der Waals surface area contributed by atoms with Crippen LogP contribution in [0.25, 0.3) is 0 Å². The lowest BCUT2D eigenvalue weighted by Gasteiger charge is -2.46. The molecule has 1 fully saturated rings. The van der Waals surface area contributed by atoms with Crippen molar-refractivity contribution in [1.82, 2.24) is 4.90 Å². The molecule has 3 atom stereocenters. The first-order valence-electron chi connectivity index (χ1n) is 10.8. The molecule has 5 heteroatoms. The van der Waals surface area contributed by atoms with E-state index in [1.54, 1.807) is 7.11 Å². The number of nitriles is 1. The molecule has 4 rings (SSSR count). The Morgan fingerprint density at radius 1 is 1.17 bits per heavy atom. The van der Waals surface area contributed by atoms with Gasteiger partial charge in [-0.1, -0.05) is 23.8 Å². The third kappa shape index (κ3) is 3.90. The average Bonchev–Trinajstić information content (AvgIpc) is 2.74. The van der Waals surface area contributed by atoms with Crippen LogP contribution in [0.4, 0.5) is 0 Å². The van der Waals surface area contributed by atoms with Crippen molar-refractivity contribution < 1.29 is 9.47 Å². The third-order valence-corrected chi connectivity index (χ3v) is 6.64. The summed E-state index contributed by atoms with van der Waals surface area (Å²) < 4.78 is 11.4. The van der Waals surface area contributed by atoms with Gasteiger partial charge in [0.15, 0.2) is 11.5 Å². The fourth-order valence-electron chi connectivity index (χ4n) is 5.03. The van der Waals surface area contributed by atoms with E-state index in [1.807, 2.05) is 0 Å². The highest BCUT2D eigenvalue weighted by Crippen LogP contribution is 2.44. The first kappa shape index (κ1) is 20.7. The molecular formula is C25H31N3O2. The number of fused-ring (bicyclic) bond motifs is 3. The summed E-state index contributed by atoms with van der Waals surface area (Å²) in [5, 5.41) is 8.77. The maximum Gasteiger partial charge on any atom is 0.161 e. The quantitative estimate of drug-likeness (QED) is 0.761. The summed E-state index contributed by atoms with van der Waals surface area (Å²) in [5.74, 6) is 1.82. The van der Waals surface area contributed by atoms with Crippen molar-refractivity contribution in [2.75, 3.05) is 26.8 Å². The lowest BCUT2D eigenvalue weighted by Crippen LogP contribution is -2.49. The molecule has 1 saturated heterocycles. The van der Waals surface area contributed by atoms with Gasteiger partial charge in [0.1, 0.15) is 6.61 Å². The van der Waals surface area contributed by atoms with Gasteiger partial charge in [0.25, 0.3) is 0 Å². The number of aryl methyl sites for hydroxylation is 2. The van der Waals surface area contributed by atoms with Crippen LogP contribution in [0, 0.1) is 25.2 Å². The molecule has 0 spiro atoms. The van der Waals surface area contributed by atoms with Crippen LogP contribution >= 0.6 is 0 Å². The minimum Gasteiger partial charge on any atom is -0.493 e. The van der Waals surface area contributed by atoms with Crippen molar-refractivity contribution in [1.29, 1.82) is 5.26 Å². The fourth-order valence-corrected chi connectivity index (χ4v) is 5.03. The lowest BCUT2D eigenvalue weighted by atomic mass is 9.77. The molecule has 2 aromatic carbocycles. The van der Waals surface area contributed by atoms with Crippen LogP contribution in [0.3, 0.4) is 0 Å². The molecule has 5 nitrogen and oxygen atoms in total. The number of methoxy groups -OCH3 is 1. The van der Waals surface area contributed by atoms with Gasteiger partial charge in [-0.05, 0) is 61.1 Å². The monoisotopic (exact) mass is 405 g/mol. The second kappa shape index (κ2) is 8.67. The molecule has 0 aromatic heterocycles. The maximum absolute atomic E-state index is 8.77. The number of hydrogen-bond donors (Lipinski definition) is 1. The molecule has 0 radical (unpaired) electrons. The summed E-state index contributed by atoms with van der Waals surface area (Å²) in [7, 11) is 1.67. The highest BCUT2D eigenvalue weighted by atomic mass is 16.5. The zero-order valence-electron chi connectivity index (χ0n) is 18.1. The van der Waals surface area contributed by atoms with Gasteiger partial charge >= 0.3 is 0 Å². The fraction of sp³-hybridized carbons (Fsp3) is 0.480. The highest BCUT2D eigenvalue weighted by Gasteiger charge is 2.39. The standard InChI is InChI=1S/C25H31N3O2/c1-16-5-6-17(2)19(11-16)21-15-28-9-7-18-12-25(30-10-4-8-26)24(29-3)13-20(18)23(28)14-22(21)27/h5-6,11-13,21-23H,4,7,9-10,14-15,27H2,1-3H3/t21-,22+,23+/m1/s1. The van der Waals surface area contributed by atoms with Crippen LogP contribution in [0.2, 0.25) is 0 Å². The minimum atomic E-state index is 0.121. The number of nitrogens with zero attached hydrogens (tertiary/aromatic N) is 2. The molecule has 0 amide bonds. The Balaban J connectivity index is 1.60.